The van der Waals surface area contributed by atoms with Crippen LogP contribution in [0.4, 0.5) is 0 Å². The van der Waals surface area contributed by atoms with Crippen molar-refractivity contribution in [2.45, 2.75) is 84.3 Å². The molecule has 0 heterocycles. The van der Waals surface area contributed by atoms with Crippen LogP contribution in [0.1, 0.15) is 72.6 Å². The van der Waals surface area contributed by atoms with Crippen molar-refractivity contribution in [3.8, 4) is 0 Å². The molecular weight excluding hydrogens is 284 g/mol. The molecule has 1 aliphatic carbocycles. The van der Waals surface area contributed by atoms with E-state index in [0.717, 1.165) is 37.7 Å². The standard InChI is InChI=1S/C21H36O2/c1-7-10-16-21(23,19(4,5)14-8-2)18(22)17-13-11-12-15-20(17,6)9-3/h8-9,13,18,22-23H,2-3,7,10-12,14-16H2,1,4-6H3/t18-,20+,21+/m1/s1. The van der Waals surface area contributed by atoms with Crippen molar-refractivity contribution in [2.75, 3.05) is 0 Å². The van der Waals surface area contributed by atoms with Gasteiger partial charge in [0.05, 0.1) is 5.60 Å². The largest absolute Gasteiger partial charge is 0.386 e. The van der Waals surface area contributed by atoms with Gasteiger partial charge in [0.2, 0.25) is 0 Å². The predicted molar refractivity (Wildman–Crippen MR) is 99.3 cm³/mol. The average molecular weight is 321 g/mol. The van der Waals surface area contributed by atoms with Crippen LogP contribution in [0, 0.1) is 10.8 Å². The van der Waals surface area contributed by atoms with Gasteiger partial charge in [-0.25, -0.2) is 0 Å². The summed E-state index contributed by atoms with van der Waals surface area (Å²) in [6, 6.07) is 0. The van der Waals surface area contributed by atoms with E-state index in [4.69, 9.17) is 0 Å². The van der Waals surface area contributed by atoms with Gasteiger partial charge in [-0.05, 0) is 43.1 Å². The van der Waals surface area contributed by atoms with E-state index in [2.05, 4.69) is 33.1 Å². The molecule has 0 aromatic rings. The summed E-state index contributed by atoms with van der Waals surface area (Å²) in [7, 11) is 0. The number of rotatable bonds is 9. The maximum atomic E-state index is 11.6. The molecule has 0 saturated heterocycles. The van der Waals surface area contributed by atoms with E-state index in [1.807, 2.05) is 26.0 Å². The topological polar surface area (TPSA) is 40.5 Å². The third-order valence-electron chi connectivity index (χ3n) is 5.86. The van der Waals surface area contributed by atoms with E-state index >= 15 is 0 Å². The van der Waals surface area contributed by atoms with Gasteiger partial charge in [0.15, 0.2) is 0 Å². The lowest BCUT2D eigenvalue weighted by atomic mass is 9.61. The summed E-state index contributed by atoms with van der Waals surface area (Å²) < 4.78 is 0. The fourth-order valence-corrected chi connectivity index (χ4v) is 3.83. The van der Waals surface area contributed by atoms with Crippen LogP contribution in [0.25, 0.3) is 0 Å². The molecule has 1 rings (SSSR count). The summed E-state index contributed by atoms with van der Waals surface area (Å²) >= 11 is 0. The van der Waals surface area contributed by atoms with Gasteiger partial charge in [-0.15, -0.1) is 13.2 Å². The molecule has 0 saturated carbocycles. The lowest BCUT2D eigenvalue weighted by molar-refractivity contribution is -0.144. The van der Waals surface area contributed by atoms with Crippen molar-refractivity contribution in [3.63, 3.8) is 0 Å². The van der Waals surface area contributed by atoms with Crippen LogP contribution < -0.4 is 0 Å². The molecule has 0 aliphatic heterocycles. The Hall–Kier alpha value is -0.860. The van der Waals surface area contributed by atoms with Gasteiger partial charge in [0, 0.05) is 5.41 Å². The third kappa shape index (κ3) is 3.97. The monoisotopic (exact) mass is 320 g/mol. The molecule has 0 amide bonds. The molecule has 1 aliphatic rings. The fourth-order valence-electron chi connectivity index (χ4n) is 3.83. The van der Waals surface area contributed by atoms with Crippen LogP contribution in [-0.2, 0) is 0 Å². The second-order valence-electron chi connectivity index (χ2n) is 7.98. The number of unbranched alkanes of at least 4 members (excludes halogenated alkanes) is 1. The first-order valence-electron chi connectivity index (χ1n) is 9.04. The minimum Gasteiger partial charge on any atom is -0.386 e. The van der Waals surface area contributed by atoms with Crippen molar-refractivity contribution in [1.82, 2.24) is 0 Å². The Balaban J connectivity index is 3.27. The first-order valence-corrected chi connectivity index (χ1v) is 9.04. The van der Waals surface area contributed by atoms with Crippen molar-refractivity contribution in [2.24, 2.45) is 10.8 Å². The van der Waals surface area contributed by atoms with Crippen LogP contribution >= 0.6 is 0 Å². The Labute approximate surface area is 143 Å². The number of aliphatic hydroxyl groups excluding tert-OH is 1. The zero-order valence-corrected chi connectivity index (χ0v) is 15.6. The second kappa shape index (κ2) is 7.81. The van der Waals surface area contributed by atoms with Gasteiger partial charge in [-0.3, -0.25) is 0 Å². The molecule has 0 fully saturated rings. The number of aliphatic hydroxyl groups is 2. The SMILES string of the molecule is C=CCC(C)(C)[C@](O)(CCCC)[C@H](O)C1=CCCC[C@]1(C)C=C. The van der Waals surface area contributed by atoms with E-state index in [-0.39, 0.29) is 5.41 Å². The molecule has 2 heteroatoms. The molecule has 0 bridgehead atoms. The van der Waals surface area contributed by atoms with E-state index in [0.29, 0.717) is 12.8 Å². The molecule has 0 radical (unpaired) electrons. The molecule has 132 valence electrons. The van der Waals surface area contributed by atoms with Crippen LogP contribution in [-0.4, -0.2) is 21.9 Å². The highest BCUT2D eigenvalue weighted by atomic mass is 16.3. The Kier molecular flexibility index (Phi) is 6.85. The van der Waals surface area contributed by atoms with E-state index in [9.17, 15) is 10.2 Å². The Morgan fingerprint density at radius 3 is 2.57 bits per heavy atom. The number of hydrogen-bond donors (Lipinski definition) is 2. The normalized spacial score (nSPS) is 26.1. The molecule has 0 unspecified atom stereocenters. The quantitative estimate of drug-likeness (QED) is 0.575. The van der Waals surface area contributed by atoms with Crippen LogP contribution in [0.2, 0.25) is 0 Å². The van der Waals surface area contributed by atoms with Crippen molar-refractivity contribution >= 4 is 0 Å². The number of allylic oxidation sites excluding steroid dienone is 3. The van der Waals surface area contributed by atoms with Gasteiger partial charge in [0.1, 0.15) is 6.10 Å². The minimum atomic E-state index is -1.16. The summed E-state index contributed by atoms with van der Waals surface area (Å²) in [5.74, 6) is 0. The molecular formula is C21H36O2. The Bertz CT molecular complexity index is 449. The van der Waals surface area contributed by atoms with Crippen molar-refractivity contribution < 1.29 is 10.2 Å². The zero-order valence-electron chi connectivity index (χ0n) is 15.6. The highest BCUT2D eigenvalue weighted by Crippen LogP contribution is 2.48. The third-order valence-corrected chi connectivity index (χ3v) is 5.86. The van der Waals surface area contributed by atoms with E-state index in [1.165, 1.54) is 0 Å². The molecule has 2 N–H and O–H groups in total. The first-order chi connectivity index (χ1) is 10.7. The van der Waals surface area contributed by atoms with Crippen molar-refractivity contribution in [1.29, 1.82) is 0 Å². The summed E-state index contributed by atoms with van der Waals surface area (Å²) in [6.45, 7) is 16.1. The van der Waals surface area contributed by atoms with Gasteiger partial charge in [-0.1, -0.05) is 58.8 Å². The van der Waals surface area contributed by atoms with Crippen molar-refractivity contribution in [3.05, 3.63) is 37.0 Å². The summed E-state index contributed by atoms with van der Waals surface area (Å²) in [5, 5.41) is 22.8. The predicted octanol–water partition coefficient (Wildman–Crippen LogP) is 5.17. The molecule has 3 atom stereocenters. The van der Waals surface area contributed by atoms with E-state index < -0.39 is 17.1 Å². The van der Waals surface area contributed by atoms with Gasteiger partial charge < -0.3 is 10.2 Å². The lowest BCUT2D eigenvalue weighted by Crippen LogP contribution is -2.56. The maximum Gasteiger partial charge on any atom is 0.105 e. The number of hydrogen-bond acceptors (Lipinski definition) is 2. The van der Waals surface area contributed by atoms with E-state index in [1.54, 1.807) is 0 Å². The highest BCUT2D eigenvalue weighted by Gasteiger charge is 2.51. The van der Waals surface area contributed by atoms with Crippen LogP contribution in [0.15, 0.2) is 37.0 Å². The molecule has 2 nitrogen and oxygen atoms in total. The summed E-state index contributed by atoms with van der Waals surface area (Å²) in [4.78, 5) is 0. The summed E-state index contributed by atoms with van der Waals surface area (Å²) in [6.07, 6.45) is 11.2. The maximum absolute atomic E-state index is 11.6. The minimum absolute atomic E-state index is 0.234. The highest BCUT2D eigenvalue weighted by molar-refractivity contribution is 5.30. The van der Waals surface area contributed by atoms with Gasteiger partial charge >= 0.3 is 0 Å². The Morgan fingerprint density at radius 2 is 2.04 bits per heavy atom. The van der Waals surface area contributed by atoms with Crippen LogP contribution in [0.5, 0.6) is 0 Å². The molecule has 23 heavy (non-hydrogen) atoms. The first kappa shape index (κ1) is 20.2. The second-order valence-corrected chi connectivity index (χ2v) is 7.98. The Morgan fingerprint density at radius 1 is 1.39 bits per heavy atom. The molecule has 0 aromatic heterocycles. The molecule has 0 spiro atoms. The van der Waals surface area contributed by atoms with Gasteiger partial charge in [-0.2, -0.15) is 0 Å². The molecule has 0 aromatic carbocycles. The zero-order chi connectivity index (χ0) is 17.7. The smallest absolute Gasteiger partial charge is 0.105 e. The van der Waals surface area contributed by atoms with Crippen LogP contribution in [0.3, 0.4) is 0 Å². The fraction of sp³-hybridized carbons (Fsp3) is 0.714. The average Bonchev–Trinajstić information content (AvgIpc) is 2.52. The van der Waals surface area contributed by atoms with Gasteiger partial charge in [0.25, 0.3) is 0 Å². The lowest BCUT2D eigenvalue weighted by Gasteiger charge is -2.49. The summed E-state index contributed by atoms with van der Waals surface area (Å²) in [5.41, 5.74) is -0.897.